The Morgan fingerprint density at radius 3 is 1.02 bits per heavy atom. The maximum absolute atomic E-state index is 2.64. The summed E-state index contributed by atoms with van der Waals surface area (Å²) >= 11 is 0. The van der Waals surface area contributed by atoms with Crippen molar-refractivity contribution in [2.45, 2.75) is 123 Å². The molecule has 0 spiro atoms. The molecule has 0 fully saturated rings. The summed E-state index contributed by atoms with van der Waals surface area (Å²) in [6.45, 7) is 34.0. The van der Waals surface area contributed by atoms with E-state index in [1.54, 1.807) is 5.56 Å². The van der Waals surface area contributed by atoms with Crippen LogP contribution in [0, 0.1) is 0 Å². The quantitative estimate of drug-likeness (QED) is 0.113. The Hall–Kier alpha value is -5.17. The Balaban J connectivity index is 1.33. The molecule has 0 saturated heterocycles. The van der Waals surface area contributed by atoms with E-state index in [1.165, 1.54) is 83.8 Å². The highest BCUT2D eigenvalue weighted by Gasteiger charge is 2.59. The zero-order chi connectivity index (χ0) is 45.2. The lowest BCUT2D eigenvalue weighted by molar-refractivity contribution is 0.866. The molecule has 1 aliphatic rings. The fraction of sp³-hybridized carbons (Fsp3) is 0.322. The van der Waals surface area contributed by atoms with Crippen molar-refractivity contribution in [1.29, 1.82) is 0 Å². The fourth-order valence-electron chi connectivity index (χ4n) is 11.0. The van der Waals surface area contributed by atoms with E-state index in [0.717, 1.165) is 0 Å². The molecule has 0 aromatic heterocycles. The summed E-state index contributed by atoms with van der Waals surface area (Å²) in [5.74, 6) is 1.92. The second-order valence-electron chi connectivity index (χ2n) is 21.5. The van der Waals surface area contributed by atoms with Crippen molar-refractivity contribution in [1.82, 2.24) is 0 Å². The molecule has 8 rings (SSSR count). The molecule has 1 aliphatic carbocycles. The van der Waals surface area contributed by atoms with E-state index < -0.39 is 16.1 Å². The number of rotatable bonds is 12. The number of hydrogen-bond donors (Lipinski definition) is 0. The van der Waals surface area contributed by atoms with Crippen LogP contribution in [0.25, 0.3) is 21.9 Å². The average Bonchev–Trinajstić information content (AvgIpc) is 3.56. The number of nitrogens with zero attached hydrogens (tertiary/aromatic N) is 2. The van der Waals surface area contributed by atoms with Gasteiger partial charge in [-0.2, -0.15) is 0 Å². The lowest BCUT2D eigenvalue weighted by Gasteiger charge is -2.51. The van der Waals surface area contributed by atoms with Crippen molar-refractivity contribution in [3.63, 3.8) is 0 Å². The first-order valence-electron chi connectivity index (χ1n) is 23.5. The van der Waals surface area contributed by atoms with Crippen LogP contribution in [0.4, 0.5) is 34.1 Å². The van der Waals surface area contributed by atoms with Crippen LogP contribution in [-0.4, -0.2) is 16.1 Å². The van der Waals surface area contributed by atoms with Gasteiger partial charge in [-0.15, -0.1) is 0 Å². The van der Waals surface area contributed by atoms with Crippen molar-refractivity contribution in [2.24, 2.45) is 0 Å². The smallest absolute Gasteiger partial charge is 0.0579 e. The third-order valence-corrected chi connectivity index (χ3v) is 24.2. The zero-order valence-corrected chi connectivity index (χ0v) is 42.6. The molecule has 0 atom stereocenters. The molecular weight excluding hydrogens is 793 g/mol. The van der Waals surface area contributed by atoms with Gasteiger partial charge in [0.25, 0.3) is 0 Å². The molecule has 0 radical (unpaired) electrons. The molecule has 63 heavy (non-hydrogen) atoms. The van der Waals surface area contributed by atoms with Crippen molar-refractivity contribution in [3.8, 4) is 11.1 Å². The largest absolute Gasteiger partial charge is 0.310 e. The number of hydrogen-bond acceptors (Lipinski definition) is 2. The Bertz CT molecular complexity index is 2610. The first-order valence-corrected chi connectivity index (χ1v) is 30.5. The van der Waals surface area contributed by atoms with E-state index in [2.05, 4.69) is 250 Å². The van der Waals surface area contributed by atoms with Crippen LogP contribution in [0.2, 0.25) is 39.3 Å². The lowest BCUT2D eigenvalue weighted by Crippen LogP contribution is -2.63. The molecule has 0 amide bonds. The van der Waals surface area contributed by atoms with Crippen molar-refractivity contribution < 1.29 is 0 Å². The van der Waals surface area contributed by atoms with Gasteiger partial charge in [0.2, 0.25) is 0 Å². The van der Waals surface area contributed by atoms with Gasteiger partial charge >= 0.3 is 0 Å². The highest BCUT2D eigenvalue weighted by atomic mass is 28.4. The SMILES string of the molecule is CC(C)c1ccc(N(c2ccc(C(C)C)cc2)c2ccc3c(c2)C([Si](C)(C)C)([Si](C)(C)C)c2c-3ccc3cc(N(c4ccc(C(C)C)cc4)c4ccc(C(C)C)cc4)ccc23)cc1. The monoisotopic (exact) mass is 863 g/mol. The van der Waals surface area contributed by atoms with Gasteiger partial charge in [0, 0.05) is 38.8 Å². The topological polar surface area (TPSA) is 6.48 Å². The fourth-order valence-corrected chi connectivity index (χ4v) is 24.1. The average molecular weight is 863 g/mol. The van der Waals surface area contributed by atoms with Gasteiger partial charge in [-0.25, -0.2) is 0 Å². The van der Waals surface area contributed by atoms with E-state index in [1.807, 2.05) is 0 Å². The van der Waals surface area contributed by atoms with E-state index in [-0.39, 0.29) is 4.66 Å². The number of fused-ring (bicyclic) bond motifs is 5. The molecule has 0 bridgehead atoms. The second kappa shape index (κ2) is 16.8. The van der Waals surface area contributed by atoms with Crippen LogP contribution in [0.15, 0.2) is 146 Å². The van der Waals surface area contributed by atoms with Crippen LogP contribution in [0.1, 0.15) is 112 Å². The maximum atomic E-state index is 2.64. The zero-order valence-electron chi connectivity index (χ0n) is 40.6. The Morgan fingerprint density at radius 1 is 0.349 bits per heavy atom. The first kappa shape index (κ1) is 44.4. The molecular formula is C59H70N2Si2. The maximum Gasteiger partial charge on any atom is 0.0579 e. The standard InChI is InChI=1S/C59H70N2Si2/c1-39(2)43-15-24-48(25-16-43)60(49-26-17-44(18-27-49)40(3)4)52-32-35-54-47(37-52)23-34-56-55-36-33-53(38-57(55)59(58(54)56,62(9,10)11)63(12,13)14)61(50-28-19-45(20-29-50)41(5)6)51-30-21-46(22-31-51)42(7)8/h15-42H,1-14H3. The third kappa shape index (κ3) is 7.82. The highest BCUT2D eigenvalue weighted by Crippen LogP contribution is 2.61. The summed E-state index contributed by atoms with van der Waals surface area (Å²) in [5.41, 5.74) is 18.5. The lowest BCUT2D eigenvalue weighted by atomic mass is 9.97. The van der Waals surface area contributed by atoms with Gasteiger partial charge in [-0.3, -0.25) is 0 Å². The number of benzene rings is 7. The van der Waals surface area contributed by atoms with Crippen molar-refractivity contribution >= 4 is 61.0 Å². The van der Waals surface area contributed by atoms with E-state index in [9.17, 15) is 0 Å². The van der Waals surface area contributed by atoms with Gasteiger partial charge < -0.3 is 9.80 Å². The van der Waals surface area contributed by atoms with Crippen LogP contribution < -0.4 is 9.80 Å². The van der Waals surface area contributed by atoms with Gasteiger partial charge in [-0.1, -0.05) is 167 Å². The minimum Gasteiger partial charge on any atom is -0.310 e. The van der Waals surface area contributed by atoms with Crippen LogP contribution in [0.5, 0.6) is 0 Å². The molecule has 2 nitrogen and oxygen atoms in total. The first-order chi connectivity index (χ1) is 29.8. The van der Waals surface area contributed by atoms with Crippen LogP contribution in [-0.2, 0) is 4.66 Å². The summed E-state index contributed by atoms with van der Waals surface area (Å²) in [4.78, 5) is 4.94. The summed E-state index contributed by atoms with van der Waals surface area (Å²) in [6.07, 6.45) is 0. The molecule has 7 aromatic rings. The minimum atomic E-state index is -2.02. The molecule has 324 valence electrons. The van der Waals surface area contributed by atoms with E-state index in [4.69, 9.17) is 0 Å². The summed E-state index contributed by atoms with van der Waals surface area (Å²) < 4.78 is -0.0462. The van der Waals surface area contributed by atoms with Crippen molar-refractivity contribution in [3.05, 3.63) is 179 Å². The van der Waals surface area contributed by atoms with Gasteiger partial charge in [0.1, 0.15) is 0 Å². The van der Waals surface area contributed by atoms with Crippen LogP contribution in [0.3, 0.4) is 0 Å². The van der Waals surface area contributed by atoms with Gasteiger partial charge in [0.05, 0.1) is 16.1 Å². The Morgan fingerprint density at radius 2 is 0.667 bits per heavy atom. The normalized spacial score (nSPS) is 13.6. The summed E-state index contributed by atoms with van der Waals surface area (Å²) in [5, 5.41) is 2.70. The molecule has 7 aromatic carbocycles. The summed E-state index contributed by atoms with van der Waals surface area (Å²) in [6, 6.07) is 56.6. The predicted octanol–water partition coefficient (Wildman–Crippen LogP) is 18.3. The molecule has 0 N–H and O–H groups in total. The van der Waals surface area contributed by atoms with Crippen molar-refractivity contribution in [2.75, 3.05) is 9.80 Å². The van der Waals surface area contributed by atoms with Gasteiger partial charge in [-0.05, 0) is 152 Å². The molecule has 0 aliphatic heterocycles. The molecule has 0 saturated carbocycles. The van der Waals surface area contributed by atoms with E-state index >= 15 is 0 Å². The Kier molecular flexibility index (Phi) is 11.8. The minimum absolute atomic E-state index is 0.0462. The molecule has 0 heterocycles. The Labute approximate surface area is 382 Å². The predicted molar refractivity (Wildman–Crippen MR) is 283 cm³/mol. The summed E-state index contributed by atoms with van der Waals surface area (Å²) in [7, 11) is -4.05. The molecule has 0 unspecified atom stereocenters. The van der Waals surface area contributed by atoms with Crippen LogP contribution >= 0.6 is 0 Å². The third-order valence-electron chi connectivity index (χ3n) is 14.1. The second-order valence-corrected chi connectivity index (χ2v) is 32.5. The number of anilines is 6. The van der Waals surface area contributed by atoms with E-state index in [0.29, 0.717) is 23.7 Å². The highest BCUT2D eigenvalue weighted by molar-refractivity contribution is 7.00. The molecule has 4 heteroatoms. The van der Waals surface area contributed by atoms with Gasteiger partial charge in [0.15, 0.2) is 0 Å².